The normalized spacial score (nSPS) is 14.5. The van der Waals surface area contributed by atoms with E-state index in [9.17, 15) is 0 Å². The van der Waals surface area contributed by atoms with Gasteiger partial charge in [-0.2, -0.15) is 0 Å². The van der Waals surface area contributed by atoms with Gasteiger partial charge in [0, 0.05) is 75.7 Å². The van der Waals surface area contributed by atoms with Gasteiger partial charge in [-0.25, -0.2) is 0 Å². The van der Waals surface area contributed by atoms with E-state index in [-0.39, 0.29) is 12.1 Å². The molecule has 0 amide bonds. The summed E-state index contributed by atoms with van der Waals surface area (Å²) in [6.45, 7) is 10.5. The van der Waals surface area contributed by atoms with Crippen molar-refractivity contribution in [1.82, 2.24) is 14.1 Å². The van der Waals surface area contributed by atoms with Gasteiger partial charge in [0.25, 0.3) is 0 Å². The Balaban J connectivity index is 1.05. The second-order valence-electron chi connectivity index (χ2n) is 18.0. The third kappa shape index (κ3) is 7.14. The molecule has 5 nitrogen and oxygen atoms in total. The van der Waals surface area contributed by atoms with Crippen molar-refractivity contribution in [3.8, 4) is 16.8 Å². The number of aryl methyl sites for hydroxylation is 1. The number of pyridine rings is 1. The van der Waals surface area contributed by atoms with Gasteiger partial charge in [0.15, 0.2) is 0 Å². The van der Waals surface area contributed by atoms with Gasteiger partial charge in [-0.15, -0.1) is 0 Å². The maximum absolute atomic E-state index is 5.27. The zero-order valence-corrected chi connectivity index (χ0v) is 39.4. The lowest BCUT2D eigenvalue weighted by Crippen LogP contribution is -2.27. The summed E-state index contributed by atoms with van der Waals surface area (Å²) >= 11 is 0. The summed E-state index contributed by atoms with van der Waals surface area (Å²) in [5.74, 6) is 0. The molecule has 2 unspecified atom stereocenters. The fourth-order valence-corrected chi connectivity index (χ4v) is 10.8. The Morgan fingerprint density at radius 2 is 1.34 bits per heavy atom. The topological polar surface area (TPSA) is 29.2 Å². The van der Waals surface area contributed by atoms with Gasteiger partial charge in [0.05, 0.1) is 39.8 Å². The molecule has 4 heterocycles. The second kappa shape index (κ2) is 17.6. The number of nitrogens with zero attached hydrogens (tertiary/aromatic N) is 5. The van der Waals surface area contributed by atoms with Crippen LogP contribution in [0.3, 0.4) is 0 Å². The van der Waals surface area contributed by atoms with Crippen LogP contribution in [0.25, 0.3) is 71.7 Å². The Hall–Kier alpha value is -8.15. The Kier molecular flexibility index (Phi) is 11.0. The van der Waals surface area contributed by atoms with Gasteiger partial charge in [-0.1, -0.05) is 129 Å². The van der Waals surface area contributed by atoms with Crippen LogP contribution in [0, 0.1) is 6.92 Å². The van der Waals surface area contributed by atoms with Crippen LogP contribution >= 0.6 is 0 Å². The van der Waals surface area contributed by atoms with E-state index in [1.807, 2.05) is 12.2 Å². The third-order valence-electron chi connectivity index (χ3n) is 14.2. The minimum absolute atomic E-state index is 0.0275. The van der Waals surface area contributed by atoms with E-state index in [4.69, 9.17) is 4.98 Å². The Labute approximate surface area is 399 Å². The molecule has 1 aliphatic rings. The highest BCUT2D eigenvalue weighted by atomic mass is 15.2. The van der Waals surface area contributed by atoms with Crippen LogP contribution in [0.2, 0.25) is 0 Å². The van der Waals surface area contributed by atoms with E-state index >= 15 is 0 Å². The zero-order chi connectivity index (χ0) is 46.5. The monoisotopic (exact) mass is 881 g/mol. The Bertz CT molecular complexity index is 3640. The standard InChI is InChI=1S/C63H55N5/c1-7-10-21-47(8-2)67-59-27-18-15-24-49(59)52-37-44(31-35-61(52)67)43-30-34-58-54(38-43)51(46-29-33-55(64-41-46)56(9-3)65(5)57-26-17-14-20-42(57)4)40-63(66(58)6)45-32-36-62-53(39-45)50-25-16-19-28-60(50)68(62)48-22-12-11-13-23-48/h7-8,10-41,56,63H,1,9H2,2-6H3/b21-10-,47-8+. The summed E-state index contributed by atoms with van der Waals surface area (Å²) in [4.78, 5) is 10.1. The molecular formula is C63H55N5. The van der Waals surface area contributed by atoms with Crippen LogP contribution in [0.15, 0.2) is 213 Å². The molecule has 0 spiro atoms. The van der Waals surface area contributed by atoms with Gasteiger partial charge in [0.2, 0.25) is 0 Å². The van der Waals surface area contributed by atoms with Gasteiger partial charge in [0.1, 0.15) is 0 Å². The Morgan fingerprint density at radius 3 is 2.09 bits per heavy atom. The summed E-state index contributed by atoms with van der Waals surface area (Å²) in [5.41, 5.74) is 18.8. The number of aromatic nitrogens is 3. The van der Waals surface area contributed by atoms with E-state index in [0.29, 0.717) is 0 Å². The van der Waals surface area contributed by atoms with Gasteiger partial charge in [-0.3, -0.25) is 4.98 Å². The van der Waals surface area contributed by atoms with Crippen LogP contribution in [0.4, 0.5) is 11.4 Å². The van der Waals surface area contributed by atoms with Crippen molar-refractivity contribution in [2.24, 2.45) is 0 Å². The summed E-state index contributed by atoms with van der Waals surface area (Å²) in [6, 6.07) is 62.4. The lowest BCUT2D eigenvalue weighted by Gasteiger charge is -2.36. The predicted molar refractivity (Wildman–Crippen MR) is 290 cm³/mol. The molecule has 0 radical (unpaired) electrons. The first kappa shape index (κ1) is 42.5. The van der Waals surface area contributed by atoms with Crippen molar-refractivity contribution in [3.05, 3.63) is 241 Å². The van der Waals surface area contributed by atoms with Gasteiger partial charge >= 0.3 is 0 Å². The number of hydrogen-bond acceptors (Lipinski definition) is 3. The average molecular weight is 882 g/mol. The molecule has 0 saturated heterocycles. The summed E-state index contributed by atoms with van der Waals surface area (Å²) in [5, 5.41) is 4.94. The zero-order valence-electron chi connectivity index (χ0n) is 39.4. The number of likely N-dealkylation sites (N-methyl/N-ethyl adjacent to an activating group) is 1. The SMILES string of the molecule is C=C/C=C\C(=C/C)n1c2ccccc2c2cc(-c3ccc4c(c3)C(c3ccc(C(CC)N(C)c5ccccc5C)nc3)=CC(c3ccc5c(c3)c3ccccc3n5-c3ccccc3)N4C)ccc21. The summed E-state index contributed by atoms with van der Waals surface area (Å²) in [7, 11) is 4.43. The number of anilines is 2. The smallest absolute Gasteiger partial charge is 0.0733 e. The molecule has 1 aliphatic heterocycles. The fourth-order valence-electron chi connectivity index (χ4n) is 10.8. The molecule has 11 rings (SSSR count). The number of allylic oxidation sites excluding steroid dienone is 5. The molecule has 332 valence electrons. The molecule has 10 aromatic rings. The number of rotatable bonds is 11. The lowest BCUT2D eigenvalue weighted by molar-refractivity contribution is 0.628. The highest BCUT2D eigenvalue weighted by Crippen LogP contribution is 2.46. The molecule has 68 heavy (non-hydrogen) atoms. The third-order valence-corrected chi connectivity index (χ3v) is 14.2. The van der Waals surface area contributed by atoms with E-state index in [1.54, 1.807) is 0 Å². The quantitative estimate of drug-likeness (QED) is 0.121. The van der Waals surface area contributed by atoms with Crippen molar-refractivity contribution in [3.63, 3.8) is 0 Å². The molecule has 7 aromatic carbocycles. The molecule has 0 N–H and O–H groups in total. The van der Waals surface area contributed by atoms with E-state index in [1.165, 1.54) is 88.4 Å². The number of fused-ring (bicyclic) bond motifs is 7. The van der Waals surface area contributed by atoms with Crippen LogP contribution in [-0.4, -0.2) is 28.2 Å². The highest BCUT2D eigenvalue weighted by Gasteiger charge is 2.28. The number of para-hydroxylation sites is 4. The first-order valence-corrected chi connectivity index (χ1v) is 23.8. The number of hydrogen-bond donors (Lipinski definition) is 0. The molecular weight excluding hydrogens is 827 g/mol. The van der Waals surface area contributed by atoms with Crippen molar-refractivity contribution in [2.75, 3.05) is 23.9 Å². The lowest BCUT2D eigenvalue weighted by atomic mass is 9.86. The number of benzene rings is 7. The van der Waals surface area contributed by atoms with Gasteiger partial charge in [-0.05, 0) is 133 Å². The van der Waals surface area contributed by atoms with E-state index < -0.39 is 0 Å². The van der Waals surface area contributed by atoms with Crippen LogP contribution < -0.4 is 9.80 Å². The first-order chi connectivity index (χ1) is 33.4. The highest BCUT2D eigenvalue weighted by molar-refractivity contribution is 6.12. The fraction of sp³-hybridized carbons (Fsp3) is 0.127. The van der Waals surface area contributed by atoms with Crippen molar-refractivity contribution >= 4 is 66.3 Å². The molecule has 0 fully saturated rings. The minimum Gasteiger partial charge on any atom is -0.366 e. The first-order valence-electron chi connectivity index (χ1n) is 23.8. The van der Waals surface area contributed by atoms with Crippen LogP contribution in [0.5, 0.6) is 0 Å². The molecule has 0 aliphatic carbocycles. The average Bonchev–Trinajstić information content (AvgIpc) is 3.89. The molecule has 0 saturated carbocycles. The predicted octanol–water partition coefficient (Wildman–Crippen LogP) is 16.1. The minimum atomic E-state index is -0.0275. The largest absolute Gasteiger partial charge is 0.366 e. The maximum atomic E-state index is 5.27. The molecule has 5 heteroatoms. The van der Waals surface area contributed by atoms with Crippen molar-refractivity contribution in [2.45, 2.75) is 39.3 Å². The molecule has 3 aromatic heterocycles. The van der Waals surface area contributed by atoms with E-state index in [0.717, 1.165) is 29.1 Å². The second-order valence-corrected chi connectivity index (χ2v) is 18.0. The molecule has 2 atom stereocenters. The summed E-state index contributed by atoms with van der Waals surface area (Å²) < 4.78 is 4.74. The van der Waals surface area contributed by atoms with Crippen LogP contribution in [-0.2, 0) is 0 Å². The maximum Gasteiger partial charge on any atom is 0.0733 e. The summed E-state index contributed by atoms with van der Waals surface area (Å²) in [6.07, 6.45) is 13.6. The van der Waals surface area contributed by atoms with Crippen LogP contribution in [0.1, 0.15) is 60.3 Å². The Morgan fingerprint density at radius 1 is 0.691 bits per heavy atom. The molecule has 0 bridgehead atoms. The van der Waals surface area contributed by atoms with E-state index in [2.05, 4.69) is 255 Å². The van der Waals surface area contributed by atoms with Gasteiger partial charge < -0.3 is 18.9 Å². The van der Waals surface area contributed by atoms with Crippen molar-refractivity contribution < 1.29 is 0 Å². The van der Waals surface area contributed by atoms with Crippen molar-refractivity contribution in [1.29, 1.82) is 0 Å².